The van der Waals surface area contributed by atoms with Gasteiger partial charge in [-0.05, 0) is 37.4 Å². The van der Waals surface area contributed by atoms with Gasteiger partial charge in [-0.25, -0.2) is 9.48 Å². The number of hydrogen-bond donors (Lipinski definition) is 1. The molecule has 2 aromatic heterocycles. The molecular formula is C19H18ClN3O3S. The van der Waals surface area contributed by atoms with Gasteiger partial charge in [-0.15, -0.1) is 11.3 Å². The fourth-order valence-electron chi connectivity index (χ4n) is 2.57. The van der Waals surface area contributed by atoms with Crippen molar-refractivity contribution in [3.05, 3.63) is 69.1 Å². The number of aromatic nitrogens is 2. The van der Waals surface area contributed by atoms with Crippen molar-refractivity contribution in [1.82, 2.24) is 15.1 Å². The van der Waals surface area contributed by atoms with Crippen LogP contribution in [-0.2, 0) is 9.53 Å². The van der Waals surface area contributed by atoms with Gasteiger partial charge in [0.05, 0.1) is 17.4 Å². The molecule has 0 bridgehead atoms. The van der Waals surface area contributed by atoms with E-state index in [1.54, 1.807) is 18.3 Å². The Morgan fingerprint density at radius 3 is 2.67 bits per heavy atom. The second kappa shape index (κ2) is 8.37. The molecule has 6 nitrogen and oxygen atoms in total. The highest BCUT2D eigenvalue weighted by molar-refractivity contribution is 7.10. The van der Waals surface area contributed by atoms with Crippen molar-refractivity contribution in [3.8, 4) is 5.69 Å². The van der Waals surface area contributed by atoms with Gasteiger partial charge in [-0.1, -0.05) is 35.9 Å². The molecule has 140 valence electrons. The zero-order valence-corrected chi connectivity index (χ0v) is 16.4. The van der Waals surface area contributed by atoms with Crippen LogP contribution in [0.15, 0.2) is 47.8 Å². The molecule has 27 heavy (non-hydrogen) atoms. The monoisotopic (exact) mass is 403 g/mol. The summed E-state index contributed by atoms with van der Waals surface area (Å²) < 4.78 is 6.60. The summed E-state index contributed by atoms with van der Waals surface area (Å²) in [6.07, 6.45) is 0. The first-order valence-electron chi connectivity index (χ1n) is 8.27. The minimum absolute atomic E-state index is 0.149. The summed E-state index contributed by atoms with van der Waals surface area (Å²) in [5.41, 5.74) is 1.31. The highest BCUT2D eigenvalue weighted by Gasteiger charge is 2.23. The minimum Gasteiger partial charge on any atom is -0.452 e. The fraction of sp³-hybridized carbons (Fsp3) is 0.211. The average molecular weight is 404 g/mol. The van der Waals surface area contributed by atoms with Crippen LogP contribution in [-0.4, -0.2) is 28.3 Å². The van der Waals surface area contributed by atoms with E-state index >= 15 is 0 Å². The number of benzene rings is 1. The van der Waals surface area contributed by atoms with E-state index in [9.17, 15) is 9.59 Å². The number of thiophene rings is 1. The van der Waals surface area contributed by atoms with Crippen LogP contribution < -0.4 is 5.32 Å². The SMILES string of the molecule is Cc1nn(-c2ccccc2)c(Cl)c1C(=O)OCC(=O)N[C@H](C)c1cccs1. The second-order valence-electron chi connectivity index (χ2n) is 5.88. The molecule has 0 fully saturated rings. The molecule has 0 saturated carbocycles. The lowest BCUT2D eigenvalue weighted by Crippen LogP contribution is -2.30. The number of carbonyl (C=O) groups excluding carboxylic acids is 2. The molecule has 0 unspecified atom stereocenters. The Bertz CT molecular complexity index is 939. The standard InChI is InChI=1S/C19H18ClN3O3S/c1-12(15-9-6-10-27-15)21-16(24)11-26-19(25)17-13(2)22-23(18(17)20)14-7-4-3-5-8-14/h3-10,12H,11H2,1-2H3,(H,21,24)/t12-/m1/s1. The molecule has 0 aliphatic carbocycles. The number of halogens is 1. The van der Waals surface area contributed by atoms with Crippen LogP contribution in [0.3, 0.4) is 0 Å². The van der Waals surface area contributed by atoms with Crippen LogP contribution in [0.25, 0.3) is 5.69 Å². The van der Waals surface area contributed by atoms with Crippen molar-refractivity contribution in [2.24, 2.45) is 0 Å². The number of carbonyl (C=O) groups is 2. The molecule has 3 rings (SSSR count). The lowest BCUT2D eigenvalue weighted by molar-refractivity contribution is -0.124. The molecule has 0 radical (unpaired) electrons. The van der Waals surface area contributed by atoms with Crippen LogP contribution in [0.2, 0.25) is 5.15 Å². The molecule has 8 heteroatoms. The average Bonchev–Trinajstić information content (AvgIpc) is 3.29. The Labute approximate surface area is 165 Å². The largest absolute Gasteiger partial charge is 0.452 e. The number of hydrogen-bond acceptors (Lipinski definition) is 5. The van der Waals surface area contributed by atoms with E-state index in [0.717, 1.165) is 10.6 Å². The van der Waals surface area contributed by atoms with Gasteiger partial charge in [-0.2, -0.15) is 5.10 Å². The smallest absolute Gasteiger partial charge is 0.343 e. The molecule has 1 aromatic carbocycles. The van der Waals surface area contributed by atoms with Crippen LogP contribution in [0.4, 0.5) is 0 Å². The molecule has 0 aliphatic heterocycles. The maximum atomic E-state index is 12.4. The van der Waals surface area contributed by atoms with Gasteiger partial charge >= 0.3 is 5.97 Å². The molecule has 0 saturated heterocycles. The van der Waals surface area contributed by atoms with E-state index in [-0.39, 0.29) is 29.3 Å². The van der Waals surface area contributed by atoms with Gasteiger partial charge in [-0.3, -0.25) is 4.79 Å². The van der Waals surface area contributed by atoms with Crippen LogP contribution >= 0.6 is 22.9 Å². The third-order valence-corrected chi connectivity index (χ3v) is 5.29. The van der Waals surface area contributed by atoms with Gasteiger partial charge in [0.15, 0.2) is 6.61 Å². The number of esters is 1. The first kappa shape index (κ1) is 19.1. The molecule has 0 aliphatic rings. The third-order valence-electron chi connectivity index (χ3n) is 3.89. The van der Waals surface area contributed by atoms with Crippen molar-refractivity contribution in [2.45, 2.75) is 19.9 Å². The Kier molecular flexibility index (Phi) is 5.93. The Balaban J connectivity index is 1.65. The normalized spacial score (nSPS) is 11.8. The van der Waals surface area contributed by atoms with Gasteiger partial charge in [0.1, 0.15) is 10.7 Å². The van der Waals surface area contributed by atoms with Crippen LogP contribution in [0.1, 0.15) is 33.9 Å². The molecule has 1 N–H and O–H groups in total. The zero-order valence-electron chi connectivity index (χ0n) is 14.8. The summed E-state index contributed by atoms with van der Waals surface area (Å²) in [7, 11) is 0. The highest BCUT2D eigenvalue weighted by atomic mass is 35.5. The topological polar surface area (TPSA) is 73.2 Å². The van der Waals surface area contributed by atoms with Crippen molar-refractivity contribution in [3.63, 3.8) is 0 Å². The first-order chi connectivity index (χ1) is 13.0. The van der Waals surface area contributed by atoms with E-state index in [1.807, 2.05) is 54.8 Å². The quantitative estimate of drug-likeness (QED) is 0.633. The van der Waals surface area contributed by atoms with Crippen molar-refractivity contribution in [2.75, 3.05) is 6.61 Å². The summed E-state index contributed by atoms with van der Waals surface area (Å²) in [6, 6.07) is 12.9. The van der Waals surface area contributed by atoms with Gasteiger partial charge in [0, 0.05) is 4.88 Å². The van der Waals surface area contributed by atoms with E-state index in [0.29, 0.717) is 5.69 Å². The van der Waals surface area contributed by atoms with E-state index in [2.05, 4.69) is 10.4 Å². The maximum Gasteiger partial charge on any atom is 0.343 e. The third kappa shape index (κ3) is 4.37. The van der Waals surface area contributed by atoms with E-state index in [1.165, 1.54) is 4.68 Å². The summed E-state index contributed by atoms with van der Waals surface area (Å²) >= 11 is 7.87. The fourth-order valence-corrected chi connectivity index (χ4v) is 3.65. The Morgan fingerprint density at radius 2 is 2.00 bits per heavy atom. The Hall–Kier alpha value is -2.64. The molecule has 1 amide bonds. The van der Waals surface area contributed by atoms with E-state index < -0.39 is 5.97 Å². The van der Waals surface area contributed by atoms with Crippen molar-refractivity contribution < 1.29 is 14.3 Å². The predicted molar refractivity (Wildman–Crippen MR) is 104 cm³/mol. The molecule has 3 aromatic rings. The second-order valence-corrected chi connectivity index (χ2v) is 7.22. The number of ether oxygens (including phenoxy) is 1. The van der Waals surface area contributed by atoms with Crippen LogP contribution in [0, 0.1) is 6.92 Å². The highest BCUT2D eigenvalue weighted by Crippen LogP contribution is 2.24. The number of amides is 1. The number of nitrogens with zero attached hydrogens (tertiary/aromatic N) is 2. The molecule has 1 atom stereocenters. The van der Waals surface area contributed by atoms with Gasteiger partial charge in [0.25, 0.3) is 5.91 Å². The summed E-state index contributed by atoms with van der Waals surface area (Å²) in [5, 5.41) is 9.17. The lowest BCUT2D eigenvalue weighted by Gasteiger charge is -2.12. The summed E-state index contributed by atoms with van der Waals surface area (Å²) in [5.74, 6) is -1.06. The Morgan fingerprint density at radius 1 is 1.26 bits per heavy atom. The van der Waals surface area contributed by atoms with E-state index in [4.69, 9.17) is 16.3 Å². The maximum absolute atomic E-state index is 12.4. The minimum atomic E-state index is -0.682. The van der Waals surface area contributed by atoms with Crippen molar-refractivity contribution in [1.29, 1.82) is 0 Å². The van der Waals surface area contributed by atoms with Gasteiger partial charge < -0.3 is 10.1 Å². The molecule has 0 spiro atoms. The van der Waals surface area contributed by atoms with Crippen LogP contribution in [0.5, 0.6) is 0 Å². The number of rotatable bonds is 6. The number of para-hydroxylation sites is 1. The zero-order chi connectivity index (χ0) is 19.4. The van der Waals surface area contributed by atoms with Crippen molar-refractivity contribution >= 4 is 34.8 Å². The number of aryl methyl sites for hydroxylation is 1. The predicted octanol–water partition coefficient (Wildman–Crippen LogP) is 3.93. The van der Waals surface area contributed by atoms with Gasteiger partial charge in [0.2, 0.25) is 0 Å². The first-order valence-corrected chi connectivity index (χ1v) is 9.53. The molecule has 2 heterocycles. The number of nitrogens with one attached hydrogen (secondary N) is 1. The lowest BCUT2D eigenvalue weighted by atomic mass is 10.2. The summed E-state index contributed by atoms with van der Waals surface area (Å²) in [4.78, 5) is 25.5. The summed E-state index contributed by atoms with van der Waals surface area (Å²) in [6.45, 7) is 3.15. The molecular weight excluding hydrogens is 386 g/mol.